The van der Waals surface area contributed by atoms with Gasteiger partial charge in [0.15, 0.2) is 0 Å². The van der Waals surface area contributed by atoms with E-state index in [1.165, 1.54) is 18.1 Å². The van der Waals surface area contributed by atoms with Gasteiger partial charge in [0.25, 0.3) is 17.4 Å². The maximum atomic E-state index is 12.8. The Kier molecular flexibility index (Phi) is 3.53. The van der Waals surface area contributed by atoms with Crippen LogP contribution in [0.15, 0.2) is 36.4 Å². The third-order valence-corrected chi connectivity index (χ3v) is 4.92. The molecular formula is C20H20N2O3. The van der Waals surface area contributed by atoms with Crippen molar-refractivity contribution in [2.75, 3.05) is 10.6 Å². The van der Waals surface area contributed by atoms with E-state index in [2.05, 4.69) is 10.6 Å². The first-order valence-electron chi connectivity index (χ1n) is 8.50. The maximum Gasteiger partial charge on any atom is 0.278 e. The molecule has 0 saturated carbocycles. The van der Waals surface area contributed by atoms with E-state index in [9.17, 15) is 9.59 Å². The molecule has 2 aromatic carbocycles. The summed E-state index contributed by atoms with van der Waals surface area (Å²) >= 11 is 0. The molecule has 25 heavy (non-hydrogen) atoms. The summed E-state index contributed by atoms with van der Waals surface area (Å²) in [5.74, 6) is -0.449. The van der Waals surface area contributed by atoms with Crippen molar-refractivity contribution < 1.29 is 14.3 Å². The minimum atomic E-state index is -1.61. The zero-order valence-corrected chi connectivity index (χ0v) is 14.3. The lowest BCUT2D eigenvalue weighted by Crippen LogP contribution is -2.56. The van der Waals surface area contributed by atoms with E-state index in [1.807, 2.05) is 37.3 Å². The summed E-state index contributed by atoms with van der Waals surface area (Å²) in [4.78, 5) is 25.3. The van der Waals surface area contributed by atoms with Crippen molar-refractivity contribution in [3.05, 3.63) is 53.1 Å². The lowest BCUT2D eigenvalue weighted by atomic mass is 10.0. The molecule has 0 radical (unpaired) electrons. The van der Waals surface area contributed by atoms with Gasteiger partial charge in [-0.2, -0.15) is 0 Å². The number of hydrogen-bond donors (Lipinski definition) is 2. The summed E-state index contributed by atoms with van der Waals surface area (Å²) in [6.07, 6.45) is 3.26. The Hall–Kier alpha value is -2.82. The number of fused-ring (bicyclic) bond motifs is 2. The highest BCUT2D eigenvalue weighted by Gasteiger charge is 2.47. The van der Waals surface area contributed by atoms with Gasteiger partial charge >= 0.3 is 0 Å². The van der Waals surface area contributed by atoms with Crippen LogP contribution in [0.25, 0.3) is 0 Å². The van der Waals surface area contributed by atoms with Crippen LogP contribution in [-0.4, -0.2) is 17.4 Å². The standard InChI is InChI=1S/C20H20N2O3/c1-12-6-9-17-16(10-12)22-19(24)20(2,25-17)18(23)21-15-8-7-13-4-3-5-14(13)11-15/h6-11H,3-5H2,1-2H3,(H,21,23)(H,22,24). The van der Waals surface area contributed by atoms with Crippen LogP contribution < -0.4 is 15.4 Å². The molecule has 0 fully saturated rings. The van der Waals surface area contributed by atoms with Crippen LogP contribution in [0.2, 0.25) is 0 Å². The summed E-state index contributed by atoms with van der Waals surface area (Å²) in [6.45, 7) is 3.43. The Morgan fingerprint density at radius 1 is 1.16 bits per heavy atom. The molecule has 128 valence electrons. The predicted octanol–water partition coefficient (Wildman–Crippen LogP) is 3.21. The second-order valence-electron chi connectivity index (χ2n) is 6.88. The lowest BCUT2D eigenvalue weighted by molar-refractivity contribution is -0.143. The normalized spacial score (nSPS) is 21.0. The zero-order valence-electron chi connectivity index (χ0n) is 14.3. The topological polar surface area (TPSA) is 67.4 Å². The van der Waals surface area contributed by atoms with Crippen LogP contribution in [0.5, 0.6) is 5.75 Å². The van der Waals surface area contributed by atoms with Gasteiger partial charge in [-0.3, -0.25) is 9.59 Å². The van der Waals surface area contributed by atoms with Gasteiger partial charge in [0.05, 0.1) is 5.69 Å². The molecule has 2 amide bonds. The predicted molar refractivity (Wildman–Crippen MR) is 95.9 cm³/mol. The van der Waals surface area contributed by atoms with Crippen LogP contribution in [0.3, 0.4) is 0 Å². The van der Waals surface area contributed by atoms with Crippen LogP contribution >= 0.6 is 0 Å². The second kappa shape index (κ2) is 5.62. The highest BCUT2D eigenvalue weighted by Crippen LogP contribution is 2.35. The van der Waals surface area contributed by atoms with Gasteiger partial charge in [0, 0.05) is 5.69 Å². The van der Waals surface area contributed by atoms with E-state index in [4.69, 9.17) is 4.74 Å². The fourth-order valence-electron chi connectivity index (χ4n) is 3.39. The van der Waals surface area contributed by atoms with Gasteiger partial charge in [-0.05, 0) is 74.1 Å². The lowest BCUT2D eigenvalue weighted by Gasteiger charge is -2.33. The van der Waals surface area contributed by atoms with Crippen LogP contribution in [0.4, 0.5) is 11.4 Å². The number of benzene rings is 2. The van der Waals surface area contributed by atoms with Gasteiger partial charge in [-0.15, -0.1) is 0 Å². The van der Waals surface area contributed by atoms with E-state index >= 15 is 0 Å². The van der Waals surface area contributed by atoms with E-state index in [-0.39, 0.29) is 0 Å². The molecule has 2 N–H and O–H groups in total. The maximum absolute atomic E-state index is 12.8. The molecule has 0 bridgehead atoms. The van der Waals surface area contributed by atoms with Crippen molar-refractivity contribution in [2.45, 2.75) is 38.7 Å². The van der Waals surface area contributed by atoms with Gasteiger partial charge in [-0.1, -0.05) is 12.1 Å². The number of hydrogen-bond acceptors (Lipinski definition) is 3. The smallest absolute Gasteiger partial charge is 0.278 e. The number of carbonyl (C=O) groups excluding carboxylic acids is 2. The number of anilines is 2. The van der Waals surface area contributed by atoms with Crippen LogP contribution in [0, 0.1) is 6.92 Å². The van der Waals surface area contributed by atoms with Gasteiger partial charge in [-0.25, -0.2) is 0 Å². The minimum absolute atomic E-state index is 0.468. The van der Waals surface area contributed by atoms with E-state index in [0.29, 0.717) is 17.1 Å². The number of ether oxygens (including phenoxy) is 1. The average molecular weight is 336 g/mol. The first-order chi connectivity index (χ1) is 12.0. The molecule has 5 nitrogen and oxygen atoms in total. The molecule has 2 aliphatic rings. The number of carbonyl (C=O) groups is 2. The summed E-state index contributed by atoms with van der Waals surface area (Å²) < 4.78 is 5.79. The molecule has 5 heteroatoms. The van der Waals surface area contributed by atoms with Crippen molar-refractivity contribution in [2.24, 2.45) is 0 Å². The average Bonchev–Trinajstić information content (AvgIpc) is 3.04. The molecule has 1 atom stereocenters. The third kappa shape index (κ3) is 2.65. The third-order valence-electron chi connectivity index (χ3n) is 4.92. The Morgan fingerprint density at radius 2 is 1.96 bits per heavy atom. The van der Waals surface area contributed by atoms with Crippen molar-refractivity contribution in [1.29, 1.82) is 0 Å². The molecule has 4 rings (SSSR count). The summed E-state index contributed by atoms with van der Waals surface area (Å²) in [6, 6.07) is 11.4. The first-order valence-corrected chi connectivity index (χ1v) is 8.50. The second-order valence-corrected chi connectivity index (χ2v) is 6.88. The van der Waals surface area contributed by atoms with Crippen molar-refractivity contribution in [1.82, 2.24) is 0 Å². The van der Waals surface area contributed by atoms with Crippen LogP contribution in [-0.2, 0) is 22.4 Å². The molecular weight excluding hydrogens is 316 g/mol. The number of aryl methyl sites for hydroxylation is 3. The van der Waals surface area contributed by atoms with Gasteiger partial charge in [0.1, 0.15) is 5.75 Å². The van der Waals surface area contributed by atoms with Crippen molar-refractivity contribution in [3.8, 4) is 5.75 Å². The Morgan fingerprint density at radius 3 is 2.80 bits per heavy atom. The van der Waals surface area contributed by atoms with Crippen molar-refractivity contribution >= 4 is 23.2 Å². The highest BCUT2D eigenvalue weighted by molar-refractivity contribution is 6.19. The zero-order chi connectivity index (χ0) is 17.6. The number of nitrogens with one attached hydrogen (secondary N) is 2. The monoisotopic (exact) mass is 336 g/mol. The van der Waals surface area contributed by atoms with Crippen molar-refractivity contribution in [3.63, 3.8) is 0 Å². The van der Waals surface area contributed by atoms with E-state index in [0.717, 1.165) is 24.8 Å². The number of rotatable bonds is 2. The quantitative estimate of drug-likeness (QED) is 0.828. The van der Waals surface area contributed by atoms with Crippen LogP contribution in [0.1, 0.15) is 30.0 Å². The summed E-state index contributed by atoms with van der Waals surface area (Å²) in [5.41, 5.74) is 3.28. The Balaban J connectivity index is 1.58. The fraction of sp³-hybridized carbons (Fsp3) is 0.300. The summed E-state index contributed by atoms with van der Waals surface area (Å²) in [5, 5.41) is 5.60. The molecule has 2 aromatic rings. The summed E-state index contributed by atoms with van der Waals surface area (Å²) in [7, 11) is 0. The molecule has 0 saturated heterocycles. The number of amides is 2. The van der Waals surface area contributed by atoms with Gasteiger partial charge in [0.2, 0.25) is 0 Å². The molecule has 1 aliphatic carbocycles. The SMILES string of the molecule is Cc1ccc2c(c1)NC(=O)C(C)(C(=O)Nc1ccc3c(c1)CCC3)O2. The molecule has 1 aliphatic heterocycles. The molecule has 1 heterocycles. The molecule has 0 spiro atoms. The Labute approximate surface area is 146 Å². The molecule has 0 aromatic heterocycles. The molecule has 1 unspecified atom stereocenters. The first kappa shape index (κ1) is 15.7. The fourth-order valence-corrected chi connectivity index (χ4v) is 3.39. The Bertz CT molecular complexity index is 891. The van der Waals surface area contributed by atoms with E-state index < -0.39 is 17.4 Å². The highest BCUT2D eigenvalue weighted by atomic mass is 16.5. The minimum Gasteiger partial charge on any atom is -0.466 e. The largest absolute Gasteiger partial charge is 0.466 e. The van der Waals surface area contributed by atoms with Gasteiger partial charge < -0.3 is 15.4 Å². The van der Waals surface area contributed by atoms with E-state index in [1.54, 1.807) is 6.07 Å².